The van der Waals surface area contributed by atoms with Crippen molar-refractivity contribution in [3.63, 3.8) is 0 Å². The number of aliphatic hydroxyl groups excluding tert-OH is 1. The molecule has 0 aromatic rings. The summed E-state index contributed by atoms with van der Waals surface area (Å²) in [6.45, 7) is 4.98. The van der Waals surface area contributed by atoms with E-state index in [-0.39, 0.29) is 12.2 Å². The van der Waals surface area contributed by atoms with Gasteiger partial charge >= 0.3 is 0 Å². The predicted molar refractivity (Wildman–Crippen MR) is 44.7 cm³/mol. The van der Waals surface area contributed by atoms with E-state index in [1.165, 1.54) is 6.92 Å². The third-order valence-electron chi connectivity index (χ3n) is 2.48. The Balaban J connectivity index is 2.91. The highest BCUT2D eigenvalue weighted by molar-refractivity contribution is 5.92. The molecule has 1 saturated carbocycles. The van der Waals surface area contributed by atoms with Crippen LogP contribution in [-0.2, 0) is 4.79 Å². The quantitative estimate of drug-likeness (QED) is 0.559. The summed E-state index contributed by atoms with van der Waals surface area (Å²) in [5.74, 6) is -0.166. The minimum Gasteiger partial charge on any atom is -0.393 e. The summed E-state index contributed by atoms with van der Waals surface area (Å²) in [5, 5.41) is 19.0. The summed E-state index contributed by atoms with van der Waals surface area (Å²) in [6, 6.07) is 0. The average molecular weight is 172 g/mol. The molecule has 0 spiro atoms. The smallest absolute Gasteiger partial charge is 0.169 e. The lowest BCUT2D eigenvalue weighted by Crippen LogP contribution is -2.52. The van der Waals surface area contributed by atoms with Gasteiger partial charge in [-0.3, -0.25) is 4.79 Å². The number of Topliss-reactive ketones (excluding diaryl/α,β-unsaturated/α-hetero) is 1. The van der Waals surface area contributed by atoms with Gasteiger partial charge in [0.25, 0.3) is 0 Å². The normalized spacial score (nSPS) is 41.4. The Bertz CT molecular complexity index is 186. The monoisotopic (exact) mass is 172 g/mol. The van der Waals surface area contributed by atoms with Crippen molar-refractivity contribution >= 4 is 5.78 Å². The van der Waals surface area contributed by atoms with Crippen LogP contribution in [-0.4, -0.2) is 27.7 Å². The van der Waals surface area contributed by atoms with E-state index in [0.29, 0.717) is 6.42 Å². The second-order valence-electron chi connectivity index (χ2n) is 4.55. The van der Waals surface area contributed by atoms with Crippen LogP contribution in [0.5, 0.6) is 0 Å². The zero-order valence-electron chi connectivity index (χ0n) is 7.79. The molecule has 0 radical (unpaired) electrons. The van der Waals surface area contributed by atoms with Crippen LogP contribution in [0.4, 0.5) is 0 Å². The van der Waals surface area contributed by atoms with Gasteiger partial charge in [0, 0.05) is 11.8 Å². The Kier molecular flexibility index (Phi) is 2.05. The highest BCUT2D eigenvalue weighted by atomic mass is 16.3. The number of ketones is 1. The molecule has 70 valence electrons. The van der Waals surface area contributed by atoms with Crippen molar-refractivity contribution in [3.8, 4) is 0 Å². The van der Waals surface area contributed by atoms with Crippen molar-refractivity contribution < 1.29 is 15.0 Å². The molecule has 1 aliphatic carbocycles. The van der Waals surface area contributed by atoms with Crippen molar-refractivity contribution in [3.05, 3.63) is 0 Å². The molecule has 1 rings (SSSR count). The zero-order valence-corrected chi connectivity index (χ0v) is 7.79. The molecule has 2 atom stereocenters. The Morgan fingerprint density at radius 3 is 2.25 bits per heavy atom. The summed E-state index contributed by atoms with van der Waals surface area (Å²) in [5.41, 5.74) is -1.94. The van der Waals surface area contributed by atoms with Gasteiger partial charge in [0.2, 0.25) is 0 Å². The summed E-state index contributed by atoms with van der Waals surface area (Å²) >= 11 is 0. The molecule has 0 saturated heterocycles. The minimum absolute atomic E-state index is 0.162. The van der Waals surface area contributed by atoms with Crippen molar-refractivity contribution in [2.45, 2.75) is 45.3 Å². The van der Waals surface area contributed by atoms with E-state index in [2.05, 4.69) is 0 Å². The maximum Gasteiger partial charge on any atom is 0.169 e. The van der Waals surface area contributed by atoms with Gasteiger partial charge in [-0.2, -0.15) is 0 Å². The molecule has 1 aliphatic rings. The van der Waals surface area contributed by atoms with Gasteiger partial charge in [0.1, 0.15) is 5.60 Å². The molecule has 3 nitrogen and oxygen atoms in total. The van der Waals surface area contributed by atoms with Gasteiger partial charge in [-0.05, 0) is 13.3 Å². The highest BCUT2D eigenvalue weighted by Crippen LogP contribution is 2.37. The first-order chi connectivity index (χ1) is 5.26. The van der Waals surface area contributed by atoms with Crippen LogP contribution in [0.1, 0.15) is 33.6 Å². The number of carbonyl (C=O) groups is 1. The molecule has 1 fully saturated rings. The lowest BCUT2D eigenvalue weighted by Gasteiger charge is -2.40. The Hall–Kier alpha value is -0.410. The third kappa shape index (κ3) is 1.52. The van der Waals surface area contributed by atoms with Gasteiger partial charge in [0.15, 0.2) is 5.78 Å². The van der Waals surface area contributed by atoms with E-state index >= 15 is 0 Å². The Morgan fingerprint density at radius 1 is 1.33 bits per heavy atom. The van der Waals surface area contributed by atoms with Gasteiger partial charge in [-0.15, -0.1) is 0 Å². The molecule has 0 aromatic carbocycles. The van der Waals surface area contributed by atoms with E-state index in [1.54, 1.807) is 13.8 Å². The first-order valence-electron chi connectivity index (χ1n) is 4.21. The van der Waals surface area contributed by atoms with E-state index in [1.807, 2.05) is 0 Å². The van der Waals surface area contributed by atoms with Crippen molar-refractivity contribution in [2.24, 2.45) is 5.41 Å². The molecular weight excluding hydrogens is 156 g/mol. The van der Waals surface area contributed by atoms with Crippen molar-refractivity contribution in [2.75, 3.05) is 0 Å². The predicted octanol–water partition coefficient (Wildman–Crippen LogP) is 0.487. The summed E-state index contributed by atoms with van der Waals surface area (Å²) in [6.07, 6.45) is 0.0461. The van der Waals surface area contributed by atoms with Gasteiger partial charge in [-0.25, -0.2) is 0 Å². The molecule has 0 unspecified atom stereocenters. The molecule has 0 amide bonds. The number of hydrogen-bond acceptors (Lipinski definition) is 3. The highest BCUT2D eigenvalue weighted by Gasteiger charge is 2.47. The fraction of sp³-hybridized carbons (Fsp3) is 0.889. The van der Waals surface area contributed by atoms with E-state index < -0.39 is 17.1 Å². The first kappa shape index (κ1) is 9.68. The van der Waals surface area contributed by atoms with Gasteiger partial charge < -0.3 is 10.2 Å². The minimum atomic E-state index is -1.35. The van der Waals surface area contributed by atoms with Crippen LogP contribution in [0, 0.1) is 5.41 Å². The Labute approximate surface area is 72.4 Å². The molecule has 0 heterocycles. The first-order valence-corrected chi connectivity index (χ1v) is 4.21. The maximum atomic E-state index is 11.6. The summed E-state index contributed by atoms with van der Waals surface area (Å²) < 4.78 is 0. The van der Waals surface area contributed by atoms with Crippen LogP contribution in [0.15, 0.2) is 0 Å². The standard InChI is InChI=1S/C9H16O3/c1-8(2)4-6(10)5-9(3,12)7(8)11/h6,10,12H,4-5H2,1-3H3/t6-,9-/m1/s1. The van der Waals surface area contributed by atoms with E-state index in [9.17, 15) is 15.0 Å². The SMILES string of the molecule is CC1(C)C[C@@H](O)C[C@@](C)(O)C1=O. The van der Waals surface area contributed by atoms with Crippen LogP contribution in [0.3, 0.4) is 0 Å². The molecule has 2 N–H and O–H groups in total. The lowest BCUT2D eigenvalue weighted by atomic mass is 9.68. The molecule has 0 bridgehead atoms. The average Bonchev–Trinajstić information content (AvgIpc) is 1.80. The second kappa shape index (κ2) is 2.54. The van der Waals surface area contributed by atoms with Crippen LogP contribution in [0.25, 0.3) is 0 Å². The Morgan fingerprint density at radius 2 is 1.83 bits per heavy atom. The summed E-state index contributed by atoms with van der Waals surface area (Å²) in [4.78, 5) is 11.6. The fourth-order valence-electron chi connectivity index (χ4n) is 2.03. The number of rotatable bonds is 0. The number of carbonyl (C=O) groups excluding carboxylic acids is 1. The maximum absolute atomic E-state index is 11.6. The number of aliphatic hydroxyl groups is 2. The topological polar surface area (TPSA) is 57.5 Å². The van der Waals surface area contributed by atoms with Crippen molar-refractivity contribution in [1.29, 1.82) is 0 Å². The molecule has 3 heteroatoms. The third-order valence-corrected chi connectivity index (χ3v) is 2.48. The van der Waals surface area contributed by atoms with E-state index in [4.69, 9.17) is 0 Å². The molecule has 0 aromatic heterocycles. The van der Waals surface area contributed by atoms with Crippen LogP contribution >= 0.6 is 0 Å². The van der Waals surface area contributed by atoms with E-state index in [0.717, 1.165) is 0 Å². The largest absolute Gasteiger partial charge is 0.393 e. The molecule has 0 aliphatic heterocycles. The van der Waals surface area contributed by atoms with Crippen molar-refractivity contribution in [1.82, 2.24) is 0 Å². The zero-order chi connectivity index (χ0) is 9.57. The summed E-state index contributed by atoms with van der Waals surface area (Å²) in [7, 11) is 0. The van der Waals surface area contributed by atoms with Gasteiger partial charge in [-0.1, -0.05) is 13.8 Å². The number of hydrogen-bond donors (Lipinski definition) is 2. The lowest BCUT2D eigenvalue weighted by molar-refractivity contribution is -0.157. The fourth-order valence-corrected chi connectivity index (χ4v) is 2.03. The van der Waals surface area contributed by atoms with Crippen LogP contribution < -0.4 is 0 Å². The van der Waals surface area contributed by atoms with Gasteiger partial charge in [0.05, 0.1) is 6.10 Å². The molecular formula is C9H16O3. The molecule has 12 heavy (non-hydrogen) atoms. The second-order valence-corrected chi connectivity index (χ2v) is 4.55. The van der Waals surface area contributed by atoms with Crippen LogP contribution in [0.2, 0.25) is 0 Å².